The molecular formula is C16H24O3S. The number of rotatable bonds is 4. The smallest absolute Gasteiger partial charge is 0.159 e. The van der Waals surface area contributed by atoms with Crippen molar-refractivity contribution in [3.05, 3.63) is 35.4 Å². The Morgan fingerprint density at radius 3 is 1.80 bits per heavy atom. The Labute approximate surface area is 122 Å². The van der Waals surface area contributed by atoms with E-state index in [1.807, 2.05) is 24.3 Å². The standard InChI is InChI=1S/C16H24O3S/c1-15(2,3)13-9-7-12(8-10-13)11-14(17)16(4,5)20(6,18)19/h7-10H,11H2,1-6H3. The average molecular weight is 296 g/mol. The Kier molecular flexibility index (Phi) is 4.49. The third kappa shape index (κ3) is 3.69. The molecule has 0 fully saturated rings. The average Bonchev–Trinajstić information content (AvgIpc) is 2.26. The largest absolute Gasteiger partial charge is 0.298 e. The van der Waals surface area contributed by atoms with Crippen LogP contribution in [0.3, 0.4) is 0 Å². The van der Waals surface area contributed by atoms with Crippen molar-refractivity contribution in [1.82, 2.24) is 0 Å². The van der Waals surface area contributed by atoms with Crippen LogP contribution in [-0.2, 0) is 26.5 Å². The van der Waals surface area contributed by atoms with Gasteiger partial charge in [0.1, 0.15) is 4.75 Å². The van der Waals surface area contributed by atoms with Gasteiger partial charge in [0.25, 0.3) is 0 Å². The van der Waals surface area contributed by atoms with Crippen LogP contribution in [0.1, 0.15) is 45.7 Å². The van der Waals surface area contributed by atoms with E-state index in [4.69, 9.17) is 0 Å². The van der Waals surface area contributed by atoms with Crippen LogP contribution in [0.25, 0.3) is 0 Å². The van der Waals surface area contributed by atoms with Crippen molar-refractivity contribution in [2.24, 2.45) is 0 Å². The first-order valence-electron chi connectivity index (χ1n) is 6.68. The zero-order valence-electron chi connectivity index (χ0n) is 13.1. The summed E-state index contributed by atoms with van der Waals surface area (Å²) in [6, 6.07) is 7.79. The maximum atomic E-state index is 12.2. The second-order valence-corrected chi connectivity index (χ2v) is 9.39. The molecule has 1 rings (SSSR count). The molecule has 1 aromatic carbocycles. The van der Waals surface area contributed by atoms with Gasteiger partial charge in [0, 0.05) is 12.7 Å². The van der Waals surface area contributed by atoms with E-state index < -0.39 is 14.6 Å². The first-order valence-corrected chi connectivity index (χ1v) is 8.57. The minimum absolute atomic E-state index is 0.0641. The van der Waals surface area contributed by atoms with Crippen LogP contribution in [-0.4, -0.2) is 25.2 Å². The molecule has 0 amide bonds. The van der Waals surface area contributed by atoms with Gasteiger partial charge in [-0.1, -0.05) is 45.0 Å². The fourth-order valence-electron chi connectivity index (χ4n) is 1.73. The Morgan fingerprint density at radius 2 is 1.45 bits per heavy atom. The van der Waals surface area contributed by atoms with Crippen LogP contribution in [0.2, 0.25) is 0 Å². The van der Waals surface area contributed by atoms with E-state index in [9.17, 15) is 13.2 Å². The van der Waals surface area contributed by atoms with Gasteiger partial charge >= 0.3 is 0 Å². The highest BCUT2D eigenvalue weighted by atomic mass is 32.2. The molecule has 1 aromatic rings. The monoisotopic (exact) mass is 296 g/mol. The van der Waals surface area contributed by atoms with E-state index in [0.29, 0.717) is 0 Å². The van der Waals surface area contributed by atoms with Gasteiger partial charge in [-0.25, -0.2) is 8.42 Å². The number of hydrogen-bond acceptors (Lipinski definition) is 3. The van der Waals surface area contributed by atoms with Crippen LogP contribution in [0.5, 0.6) is 0 Å². The van der Waals surface area contributed by atoms with Gasteiger partial charge in [0.15, 0.2) is 15.6 Å². The molecule has 0 aromatic heterocycles. The summed E-state index contributed by atoms with van der Waals surface area (Å²) in [6.45, 7) is 9.31. The third-order valence-corrected chi connectivity index (χ3v) is 5.86. The molecule has 0 aliphatic heterocycles. The zero-order chi connectivity index (χ0) is 15.8. The molecule has 112 valence electrons. The summed E-state index contributed by atoms with van der Waals surface area (Å²) in [5.41, 5.74) is 2.10. The van der Waals surface area contributed by atoms with Crippen molar-refractivity contribution < 1.29 is 13.2 Å². The Morgan fingerprint density at radius 1 is 1.00 bits per heavy atom. The van der Waals surface area contributed by atoms with Crippen molar-refractivity contribution in [1.29, 1.82) is 0 Å². The number of carbonyl (C=O) groups is 1. The summed E-state index contributed by atoms with van der Waals surface area (Å²) in [4.78, 5) is 12.2. The van der Waals surface area contributed by atoms with Gasteiger partial charge in [-0.15, -0.1) is 0 Å². The highest BCUT2D eigenvalue weighted by molar-refractivity contribution is 7.92. The molecule has 3 nitrogen and oxygen atoms in total. The minimum atomic E-state index is -3.40. The Bertz CT molecular complexity index is 588. The molecule has 0 heterocycles. The van der Waals surface area contributed by atoms with Gasteiger partial charge < -0.3 is 0 Å². The summed E-state index contributed by atoms with van der Waals surface area (Å²) in [6.07, 6.45) is 1.25. The highest BCUT2D eigenvalue weighted by Crippen LogP contribution is 2.23. The summed E-state index contributed by atoms with van der Waals surface area (Å²) in [5, 5.41) is 0. The van der Waals surface area contributed by atoms with Crippen LogP contribution in [0, 0.1) is 0 Å². The number of Topliss-reactive ketones (excluding diaryl/α,β-unsaturated/α-hetero) is 1. The molecule has 0 N–H and O–H groups in total. The van der Waals surface area contributed by atoms with Gasteiger partial charge in [-0.3, -0.25) is 4.79 Å². The molecule has 0 radical (unpaired) electrons. The molecule has 0 aliphatic carbocycles. The molecule has 0 unspecified atom stereocenters. The normalized spacial score (nSPS) is 13.3. The van der Waals surface area contributed by atoms with Crippen molar-refractivity contribution >= 4 is 15.6 Å². The van der Waals surface area contributed by atoms with Crippen LogP contribution in [0.15, 0.2) is 24.3 Å². The van der Waals surface area contributed by atoms with E-state index in [0.717, 1.165) is 11.8 Å². The topological polar surface area (TPSA) is 51.2 Å². The number of ketones is 1. The van der Waals surface area contributed by atoms with Crippen LogP contribution in [0.4, 0.5) is 0 Å². The predicted octanol–water partition coefficient (Wildman–Crippen LogP) is 2.92. The van der Waals surface area contributed by atoms with Gasteiger partial charge in [-0.05, 0) is 30.4 Å². The number of benzene rings is 1. The van der Waals surface area contributed by atoms with E-state index in [-0.39, 0.29) is 17.6 Å². The lowest BCUT2D eigenvalue weighted by Crippen LogP contribution is -2.40. The van der Waals surface area contributed by atoms with E-state index in [1.54, 1.807) is 0 Å². The maximum absolute atomic E-state index is 12.2. The number of hydrogen-bond donors (Lipinski definition) is 0. The van der Waals surface area contributed by atoms with Crippen LogP contribution < -0.4 is 0 Å². The summed E-state index contributed by atoms with van der Waals surface area (Å²) < 4.78 is 22.0. The van der Waals surface area contributed by atoms with Crippen LogP contribution >= 0.6 is 0 Å². The number of sulfone groups is 1. The van der Waals surface area contributed by atoms with Crippen molar-refractivity contribution in [2.45, 2.75) is 51.2 Å². The van der Waals surface area contributed by atoms with E-state index in [1.165, 1.54) is 19.4 Å². The van der Waals surface area contributed by atoms with Crippen molar-refractivity contribution in [3.8, 4) is 0 Å². The quantitative estimate of drug-likeness (QED) is 0.858. The fraction of sp³-hybridized carbons (Fsp3) is 0.562. The van der Waals surface area contributed by atoms with Gasteiger partial charge in [-0.2, -0.15) is 0 Å². The Hall–Kier alpha value is -1.16. The molecule has 0 atom stereocenters. The molecule has 0 saturated heterocycles. The van der Waals surface area contributed by atoms with Crippen molar-refractivity contribution in [2.75, 3.05) is 6.26 Å². The maximum Gasteiger partial charge on any atom is 0.159 e. The fourth-order valence-corrected chi connectivity index (χ4v) is 2.21. The third-order valence-electron chi connectivity index (χ3n) is 3.78. The lowest BCUT2D eigenvalue weighted by molar-refractivity contribution is -0.120. The zero-order valence-corrected chi connectivity index (χ0v) is 14.0. The number of carbonyl (C=O) groups excluding carboxylic acids is 1. The van der Waals surface area contributed by atoms with E-state index in [2.05, 4.69) is 20.8 Å². The SMILES string of the molecule is CC(C)(C)c1ccc(CC(=O)C(C)(C)S(C)(=O)=O)cc1. The molecule has 20 heavy (non-hydrogen) atoms. The van der Waals surface area contributed by atoms with Gasteiger partial charge in [0.05, 0.1) is 0 Å². The second-order valence-electron chi connectivity index (χ2n) is 6.83. The lowest BCUT2D eigenvalue weighted by Gasteiger charge is -2.22. The summed E-state index contributed by atoms with van der Waals surface area (Å²) in [5.74, 6) is -0.275. The molecule has 0 aliphatic rings. The van der Waals surface area contributed by atoms with E-state index >= 15 is 0 Å². The predicted molar refractivity (Wildman–Crippen MR) is 82.8 cm³/mol. The first-order chi connectivity index (χ1) is 8.85. The van der Waals surface area contributed by atoms with Gasteiger partial charge in [0.2, 0.25) is 0 Å². The molecule has 0 bridgehead atoms. The first kappa shape index (κ1) is 16.9. The summed E-state index contributed by atoms with van der Waals surface area (Å²) in [7, 11) is -3.40. The molecule has 4 heteroatoms. The molecular weight excluding hydrogens is 272 g/mol. The minimum Gasteiger partial charge on any atom is -0.298 e. The second kappa shape index (κ2) is 5.32. The molecule has 0 saturated carbocycles. The highest BCUT2D eigenvalue weighted by Gasteiger charge is 2.37. The molecule has 0 spiro atoms. The Balaban J connectivity index is 2.93. The van der Waals surface area contributed by atoms with Crippen molar-refractivity contribution in [3.63, 3.8) is 0 Å². The lowest BCUT2D eigenvalue weighted by atomic mass is 9.86. The summed E-state index contributed by atoms with van der Waals surface area (Å²) >= 11 is 0.